The molecule has 0 saturated carbocycles. The van der Waals surface area contributed by atoms with Crippen LogP contribution in [-0.2, 0) is 4.74 Å². The normalized spacial score (nSPS) is 15.0. The lowest BCUT2D eigenvalue weighted by atomic mass is 9.99. The first-order valence-electron chi connectivity index (χ1n) is 3.53. The van der Waals surface area contributed by atoms with Gasteiger partial charge in [-0.3, -0.25) is 0 Å². The Hall–Kier alpha value is -0.185. The van der Waals surface area contributed by atoms with Gasteiger partial charge in [-0.15, -0.1) is 0 Å². The minimum atomic E-state index is -0.363. The SMILES string of the molecule is BNC(=O)OC(C)C(B)SB. The third-order valence-electron chi connectivity index (χ3n) is 1.53. The van der Waals surface area contributed by atoms with Crippen LogP contribution >= 0.6 is 11.6 Å². The number of hydrogen-bond donors (Lipinski definition) is 1. The van der Waals surface area contributed by atoms with E-state index in [9.17, 15) is 4.79 Å². The Morgan fingerprint density at radius 2 is 2.27 bits per heavy atom. The fourth-order valence-corrected chi connectivity index (χ4v) is 0.954. The van der Waals surface area contributed by atoms with Gasteiger partial charge in [0.05, 0.1) is 0 Å². The highest BCUT2D eigenvalue weighted by molar-refractivity contribution is 8.20. The summed E-state index contributed by atoms with van der Waals surface area (Å²) in [5.74, 6) is 0. The van der Waals surface area contributed by atoms with E-state index in [1.807, 2.05) is 21.9 Å². The Morgan fingerprint density at radius 3 is 2.64 bits per heavy atom. The van der Waals surface area contributed by atoms with Crippen molar-refractivity contribution in [1.29, 1.82) is 0 Å². The van der Waals surface area contributed by atoms with Gasteiger partial charge in [0, 0.05) is 5.15 Å². The van der Waals surface area contributed by atoms with Gasteiger partial charge in [-0.1, -0.05) is 0 Å². The zero-order valence-electron chi connectivity index (χ0n) is 7.38. The van der Waals surface area contributed by atoms with Crippen LogP contribution in [0.4, 0.5) is 4.79 Å². The summed E-state index contributed by atoms with van der Waals surface area (Å²) in [7, 11) is 5.57. The fraction of sp³-hybridized carbons (Fsp3) is 0.750. The van der Waals surface area contributed by atoms with Crippen molar-refractivity contribution in [2.45, 2.75) is 18.2 Å². The maximum atomic E-state index is 10.7. The second-order valence-corrected chi connectivity index (χ2v) is 3.52. The molecule has 0 aromatic heterocycles. The van der Waals surface area contributed by atoms with E-state index >= 15 is 0 Å². The summed E-state index contributed by atoms with van der Waals surface area (Å²) >= 11 is 1.68. The van der Waals surface area contributed by atoms with Crippen molar-refractivity contribution < 1.29 is 9.53 Å². The monoisotopic (exact) mass is 171 g/mol. The molecular formula is C4H12B3NO2S. The lowest BCUT2D eigenvalue weighted by molar-refractivity contribution is 0.119. The summed E-state index contributed by atoms with van der Waals surface area (Å²) in [5.41, 5.74) is 0. The average Bonchev–Trinajstić information content (AvgIpc) is 2.02. The first-order chi connectivity index (χ1) is 5.11. The van der Waals surface area contributed by atoms with Crippen LogP contribution in [0.2, 0.25) is 0 Å². The van der Waals surface area contributed by atoms with Gasteiger partial charge in [-0.05, 0) is 6.92 Å². The van der Waals surface area contributed by atoms with Crippen LogP contribution in [-0.4, -0.2) is 40.3 Å². The number of carbonyl (C=O) groups excluding carboxylic acids is 1. The maximum absolute atomic E-state index is 10.7. The largest absolute Gasteiger partial charge is 0.447 e. The van der Waals surface area contributed by atoms with Crippen molar-refractivity contribution in [1.82, 2.24) is 5.23 Å². The van der Waals surface area contributed by atoms with Gasteiger partial charge in [0.15, 0.2) is 7.12 Å². The summed E-state index contributed by atoms with van der Waals surface area (Å²) in [6.45, 7) is 1.89. The van der Waals surface area contributed by atoms with Crippen LogP contribution in [0.1, 0.15) is 6.92 Å². The Kier molecular flexibility index (Phi) is 5.37. The Morgan fingerprint density at radius 1 is 1.73 bits per heavy atom. The van der Waals surface area contributed by atoms with Crippen molar-refractivity contribution in [3.63, 3.8) is 0 Å². The molecule has 0 aromatic carbocycles. The summed E-state index contributed by atoms with van der Waals surface area (Å²) < 4.78 is 4.98. The van der Waals surface area contributed by atoms with Crippen LogP contribution in [0.3, 0.4) is 0 Å². The molecule has 2 unspecified atom stereocenters. The highest BCUT2D eigenvalue weighted by Crippen LogP contribution is 2.08. The number of nitrogens with one attached hydrogen (secondary N) is 1. The molecule has 0 aliphatic heterocycles. The van der Waals surface area contributed by atoms with Gasteiger partial charge < -0.3 is 9.96 Å². The predicted octanol–water partition coefficient (Wildman–Crippen LogP) is -2.11. The van der Waals surface area contributed by atoms with E-state index in [1.165, 1.54) is 0 Å². The van der Waals surface area contributed by atoms with E-state index in [2.05, 4.69) is 5.23 Å². The molecule has 0 fully saturated rings. The molecule has 60 valence electrons. The quantitative estimate of drug-likeness (QED) is 0.493. The van der Waals surface area contributed by atoms with Crippen molar-refractivity contribution in [2.24, 2.45) is 0 Å². The molecule has 0 heterocycles. The molecule has 0 saturated heterocycles. The molecule has 0 rings (SSSR count). The zero-order chi connectivity index (χ0) is 8.85. The number of ether oxygens (including phenoxy) is 1. The van der Waals surface area contributed by atoms with E-state index < -0.39 is 0 Å². The Balaban J connectivity index is 3.67. The molecule has 0 aliphatic carbocycles. The van der Waals surface area contributed by atoms with Crippen molar-refractivity contribution >= 4 is 40.7 Å². The maximum Gasteiger partial charge on any atom is 0.394 e. The predicted molar refractivity (Wildman–Crippen MR) is 56.1 cm³/mol. The number of amides is 1. The first kappa shape index (κ1) is 10.8. The van der Waals surface area contributed by atoms with Crippen molar-refractivity contribution in [3.8, 4) is 0 Å². The van der Waals surface area contributed by atoms with Crippen LogP contribution in [0.15, 0.2) is 0 Å². The van der Waals surface area contributed by atoms with Gasteiger partial charge in [-0.25, -0.2) is 16.4 Å². The first-order valence-corrected chi connectivity index (χ1v) is 4.81. The van der Waals surface area contributed by atoms with E-state index in [-0.39, 0.29) is 12.2 Å². The third-order valence-corrected chi connectivity index (χ3v) is 2.66. The number of rotatable bonds is 3. The molecule has 2 atom stereocenters. The highest BCUT2D eigenvalue weighted by Gasteiger charge is 2.13. The molecule has 0 radical (unpaired) electrons. The fourth-order valence-electron chi connectivity index (χ4n) is 0.515. The molecule has 0 spiro atoms. The summed E-state index contributed by atoms with van der Waals surface area (Å²) in [4.78, 5) is 10.7. The summed E-state index contributed by atoms with van der Waals surface area (Å²) in [6.07, 6.45) is -0.400. The second-order valence-electron chi connectivity index (χ2n) is 2.30. The van der Waals surface area contributed by atoms with E-state index in [1.54, 1.807) is 19.6 Å². The molecular weight excluding hydrogens is 159 g/mol. The van der Waals surface area contributed by atoms with Gasteiger partial charge in [0.1, 0.15) is 14.0 Å². The van der Waals surface area contributed by atoms with E-state index in [0.717, 1.165) is 0 Å². The van der Waals surface area contributed by atoms with Crippen LogP contribution in [0.25, 0.3) is 0 Å². The molecule has 1 amide bonds. The van der Waals surface area contributed by atoms with Crippen LogP contribution in [0.5, 0.6) is 0 Å². The van der Waals surface area contributed by atoms with Gasteiger partial charge in [0.2, 0.25) is 7.98 Å². The molecule has 3 nitrogen and oxygen atoms in total. The lowest BCUT2D eigenvalue weighted by Gasteiger charge is -2.18. The molecule has 0 aliphatic rings. The summed E-state index contributed by atoms with van der Waals surface area (Å²) in [6, 6.07) is 0. The van der Waals surface area contributed by atoms with Crippen LogP contribution in [0, 0.1) is 0 Å². The van der Waals surface area contributed by atoms with E-state index in [0.29, 0.717) is 5.15 Å². The van der Waals surface area contributed by atoms with Crippen molar-refractivity contribution in [2.75, 3.05) is 0 Å². The third kappa shape index (κ3) is 4.29. The standard InChI is InChI=1S/C4H12B3NO2S/c1-2(3(5)11-7)10-4(9)8-6/h2-3H,5-7H2,1H3,(H,8,9). The Labute approximate surface area is 74.2 Å². The smallest absolute Gasteiger partial charge is 0.394 e. The highest BCUT2D eigenvalue weighted by atomic mass is 32.2. The zero-order valence-corrected chi connectivity index (χ0v) is 8.20. The summed E-state index contributed by atoms with van der Waals surface area (Å²) in [5, 5.41) is 2.74. The van der Waals surface area contributed by atoms with Gasteiger partial charge in [-0.2, -0.15) is 0 Å². The van der Waals surface area contributed by atoms with Crippen molar-refractivity contribution in [3.05, 3.63) is 0 Å². The Bertz CT molecular complexity index is 137. The molecule has 11 heavy (non-hydrogen) atoms. The average molecular weight is 171 g/mol. The number of carbonyl (C=O) groups is 1. The van der Waals surface area contributed by atoms with Gasteiger partial charge in [0.25, 0.3) is 0 Å². The molecule has 0 aromatic rings. The molecule has 7 heteroatoms. The second kappa shape index (κ2) is 5.46. The lowest BCUT2D eigenvalue weighted by Crippen LogP contribution is -2.31. The molecule has 1 N–H and O–H groups in total. The topological polar surface area (TPSA) is 38.3 Å². The molecule has 0 bridgehead atoms. The van der Waals surface area contributed by atoms with E-state index in [4.69, 9.17) is 4.74 Å². The van der Waals surface area contributed by atoms with Crippen LogP contribution < -0.4 is 5.23 Å². The number of hydrogen-bond acceptors (Lipinski definition) is 3. The minimum absolute atomic E-state index is 0.0371. The van der Waals surface area contributed by atoms with Gasteiger partial charge >= 0.3 is 6.09 Å². The minimum Gasteiger partial charge on any atom is -0.447 e.